The third-order valence-electron chi connectivity index (χ3n) is 2.75. The minimum absolute atomic E-state index is 0.0759. The van der Waals surface area contributed by atoms with Gasteiger partial charge in [0, 0.05) is 23.1 Å². The normalized spacial score (nSPS) is 10.9. The summed E-state index contributed by atoms with van der Waals surface area (Å²) in [6, 6.07) is 8.05. The van der Waals surface area contributed by atoms with Crippen LogP contribution in [-0.2, 0) is 13.2 Å². The first-order valence-electron chi connectivity index (χ1n) is 5.66. The molecule has 0 radical (unpaired) electrons. The molecule has 0 aliphatic carbocycles. The van der Waals surface area contributed by atoms with Gasteiger partial charge >= 0.3 is 0 Å². The van der Waals surface area contributed by atoms with Crippen molar-refractivity contribution in [3.8, 4) is 5.75 Å². The van der Waals surface area contributed by atoms with E-state index < -0.39 is 0 Å². The van der Waals surface area contributed by atoms with Crippen molar-refractivity contribution in [1.29, 1.82) is 0 Å². The molecule has 1 aromatic heterocycles. The van der Waals surface area contributed by atoms with Crippen molar-refractivity contribution in [2.24, 2.45) is 0 Å². The smallest absolute Gasteiger partial charge is 0.120 e. The third kappa shape index (κ3) is 1.78. The van der Waals surface area contributed by atoms with E-state index in [1.807, 2.05) is 31.2 Å². The first kappa shape index (κ1) is 11.0. The Balaban J connectivity index is 2.54. The number of hydrogen-bond donors (Lipinski definition) is 1. The van der Waals surface area contributed by atoms with E-state index in [9.17, 15) is 5.11 Å². The largest absolute Gasteiger partial charge is 0.494 e. The Morgan fingerprint density at radius 3 is 2.69 bits per heavy atom. The van der Waals surface area contributed by atoms with Crippen LogP contribution in [0.15, 0.2) is 24.3 Å². The van der Waals surface area contributed by atoms with Gasteiger partial charge in [0.15, 0.2) is 0 Å². The summed E-state index contributed by atoms with van der Waals surface area (Å²) in [6.45, 7) is 5.67. The second kappa shape index (κ2) is 4.58. The lowest BCUT2D eigenvalue weighted by molar-refractivity contribution is 0.272. The van der Waals surface area contributed by atoms with Crippen molar-refractivity contribution < 1.29 is 9.84 Å². The zero-order valence-electron chi connectivity index (χ0n) is 9.73. The van der Waals surface area contributed by atoms with Crippen LogP contribution in [0.25, 0.3) is 10.9 Å². The maximum Gasteiger partial charge on any atom is 0.120 e. The Labute approximate surface area is 95.3 Å². The van der Waals surface area contributed by atoms with E-state index in [-0.39, 0.29) is 6.61 Å². The lowest BCUT2D eigenvalue weighted by Gasteiger charge is -2.06. The fourth-order valence-electron chi connectivity index (χ4n) is 2.07. The van der Waals surface area contributed by atoms with Crippen molar-refractivity contribution in [3.05, 3.63) is 30.0 Å². The fourth-order valence-corrected chi connectivity index (χ4v) is 2.07. The van der Waals surface area contributed by atoms with Crippen LogP contribution in [-0.4, -0.2) is 16.3 Å². The van der Waals surface area contributed by atoms with Gasteiger partial charge in [-0.2, -0.15) is 0 Å². The van der Waals surface area contributed by atoms with Crippen LogP contribution < -0.4 is 4.74 Å². The Bertz CT molecular complexity index is 488. The van der Waals surface area contributed by atoms with Crippen LogP contribution in [0.4, 0.5) is 0 Å². The molecule has 86 valence electrons. The number of fused-ring (bicyclic) bond motifs is 1. The van der Waals surface area contributed by atoms with Crippen molar-refractivity contribution >= 4 is 10.9 Å². The minimum Gasteiger partial charge on any atom is -0.494 e. The third-order valence-corrected chi connectivity index (χ3v) is 2.75. The van der Waals surface area contributed by atoms with Gasteiger partial charge in [0.1, 0.15) is 5.75 Å². The van der Waals surface area contributed by atoms with E-state index in [0.29, 0.717) is 6.61 Å². The molecule has 0 atom stereocenters. The molecule has 3 nitrogen and oxygen atoms in total. The Hall–Kier alpha value is -1.48. The van der Waals surface area contributed by atoms with Crippen molar-refractivity contribution in [1.82, 2.24) is 4.57 Å². The number of ether oxygens (including phenoxy) is 1. The highest BCUT2D eigenvalue weighted by atomic mass is 16.5. The number of aryl methyl sites for hydroxylation is 1. The van der Waals surface area contributed by atoms with Crippen LogP contribution >= 0.6 is 0 Å². The van der Waals surface area contributed by atoms with E-state index in [4.69, 9.17) is 4.74 Å². The van der Waals surface area contributed by atoms with E-state index in [1.165, 1.54) is 0 Å². The first-order valence-corrected chi connectivity index (χ1v) is 5.66. The molecular formula is C13H17NO2. The average molecular weight is 219 g/mol. The van der Waals surface area contributed by atoms with E-state index >= 15 is 0 Å². The average Bonchev–Trinajstić information content (AvgIpc) is 2.66. The molecule has 0 unspecified atom stereocenters. The maximum absolute atomic E-state index is 9.27. The predicted octanol–water partition coefficient (Wildman–Crippen LogP) is 2.55. The number of rotatable bonds is 4. The van der Waals surface area contributed by atoms with E-state index in [0.717, 1.165) is 28.9 Å². The SMILES string of the molecule is CCOc1ccc2c(c1)cc(CO)n2CC. The molecule has 0 spiro atoms. The summed E-state index contributed by atoms with van der Waals surface area (Å²) in [5.74, 6) is 0.882. The maximum atomic E-state index is 9.27. The standard InChI is InChI=1S/C13H17NO2/c1-3-14-11(9-15)7-10-8-12(16-4-2)5-6-13(10)14/h5-8,15H,3-4,9H2,1-2H3. The molecule has 0 fully saturated rings. The summed E-state index contributed by atoms with van der Waals surface area (Å²) >= 11 is 0. The summed E-state index contributed by atoms with van der Waals surface area (Å²) in [4.78, 5) is 0. The number of hydrogen-bond acceptors (Lipinski definition) is 2. The van der Waals surface area contributed by atoms with Gasteiger partial charge < -0.3 is 14.4 Å². The number of aliphatic hydroxyl groups is 1. The van der Waals surface area contributed by atoms with Gasteiger partial charge in [0.2, 0.25) is 0 Å². The van der Waals surface area contributed by atoms with Gasteiger partial charge in [-0.3, -0.25) is 0 Å². The van der Waals surface area contributed by atoms with Gasteiger partial charge in [-0.25, -0.2) is 0 Å². The molecule has 1 heterocycles. The van der Waals surface area contributed by atoms with Gasteiger partial charge in [-0.15, -0.1) is 0 Å². The molecule has 1 N–H and O–H groups in total. The second-order valence-corrected chi connectivity index (χ2v) is 3.69. The zero-order chi connectivity index (χ0) is 11.5. The number of benzene rings is 1. The quantitative estimate of drug-likeness (QED) is 0.857. The monoisotopic (exact) mass is 219 g/mol. The van der Waals surface area contributed by atoms with Gasteiger partial charge in [-0.05, 0) is 38.1 Å². The lowest BCUT2D eigenvalue weighted by Crippen LogP contribution is -1.99. The molecule has 16 heavy (non-hydrogen) atoms. The predicted molar refractivity (Wildman–Crippen MR) is 64.7 cm³/mol. The van der Waals surface area contributed by atoms with Crippen LogP contribution in [0.2, 0.25) is 0 Å². The second-order valence-electron chi connectivity index (χ2n) is 3.69. The minimum atomic E-state index is 0.0759. The molecule has 1 aromatic carbocycles. The molecule has 0 saturated heterocycles. The van der Waals surface area contributed by atoms with Crippen LogP contribution in [0.3, 0.4) is 0 Å². The van der Waals surface area contributed by atoms with Crippen molar-refractivity contribution in [3.63, 3.8) is 0 Å². The summed E-state index contributed by atoms with van der Waals surface area (Å²) < 4.78 is 7.57. The molecule has 2 aromatic rings. The summed E-state index contributed by atoms with van der Waals surface area (Å²) in [7, 11) is 0. The number of aliphatic hydroxyl groups excluding tert-OH is 1. The van der Waals surface area contributed by atoms with Crippen molar-refractivity contribution in [2.75, 3.05) is 6.61 Å². The molecular weight excluding hydrogens is 202 g/mol. The van der Waals surface area contributed by atoms with Crippen LogP contribution in [0, 0.1) is 0 Å². The molecule has 0 bridgehead atoms. The molecule has 0 saturated carbocycles. The Morgan fingerprint density at radius 1 is 1.25 bits per heavy atom. The highest BCUT2D eigenvalue weighted by Crippen LogP contribution is 2.24. The Morgan fingerprint density at radius 2 is 2.06 bits per heavy atom. The van der Waals surface area contributed by atoms with Gasteiger partial charge in [-0.1, -0.05) is 0 Å². The Kier molecular flexibility index (Phi) is 3.15. The first-order chi connectivity index (χ1) is 7.80. The topological polar surface area (TPSA) is 34.4 Å². The molecule has 0 aliphatic heterocycles. The van der Waals surface area contributed by atoms with Gasteiger partial charge in [0.25, 0.3) is 0 Å². The molecule has 0 aliphatic rings. The summed E-state index contributed by atoms with van der Waals surface area (Å²) in [5.41, 5.74) is 2.10. The highest BCUT2D eigenvalue weighted by molar-refractivity contribution is 5.82. The lowest BCUT2D eigenvalue weighted by atomic mass is 10.2. The molecule has 0 amide bonds. The molecule has 3 heteroatoms. The highest BCUT2D eigenvalue weighted by Gasteiger charge is 2.07. The number of nitrogens with zero attached hydrogens (tertiary/aromatic N) is 1. The number of aromatic nitrogens is 1. The molecule has 2 rings (SSSR count). The zero-order valence-corrected chi connectivity index (χ0v) is 9.73. The van der Waals surface area contributed by atoms with Gasteiger partial charge in [0.05, 0.1) is 13.2 Å². The van der Waals surface area contributed by atoms with E-state index in [2.05, 4.69) is 11.5 Å². The summed E-state index contributed by atoms with van der Waals surface area (Å²) in [6.07, 6.45) is 0. The van der Waals surface area contributed by atoms with Crippen LogP contribution in [0.1, 0.15) is 19.5 Å². The van der Waals surface area contributed by atoms with Crippen LogP contribution in [0.5, 0.6) is 5.75 Å². The van der Waals surface area contributed by atoms with Crippen molar-refractivity contribution in [2.45, 2.75) is 27.0 Å². The fraction of sp³-hybridized carbons (Fsp3) is 0.385. The van der Waals surface area contributed by atoms with E-state index in [1.54, 1.807) is 0 Å². The summed E-state index contributed by atoms with van der Waals surface area (Å²) in [5, 5.41) is 10.4.